The molecule has 0 atom stereocenters. The summed E-state index contributed by atoms with van der Waals surface area (Å²) < 4.78 is 0. The van der Waals surface area contributed by atoms with Gasteiger partial charge in [0.1, 0.15) is 5.03 Å². The molecule has 0 saturated carbocycles. The first kappa shape index (κ1) is 16.3. The molecule has 116 valence electrons. The van der Waals surface area contributed by atoms with E-state index in [-0.39, 0.29) is 21.3 Å². The number of halogens is 4. The molecular weight excluding hydrogens is 380 g/mol. The number of nitrogens with zero attached hydrogens (tertiary/aromatic N) is 1. The Kier molecular flexibility index (Phi) is 4.39. The number of rotatable bonds is 2. The number of imide groups is 1. The van der Waals surface area contributed by atoms with Crippen LogP contribution in [0.3, 0.4) is 0 Å². The highest BCUT2D eigenvalue weighted by Gasteiger charge is 2.40. The van der Waals surface area contributed by atoms with Crippen molar-refractivity contribution in [3.63, 3.8) is 0 Å². The quantitative estimate of drug-likeness (QED) is 0.667. The van der Waals surface area contributed by atoms with E-state index in [0.717, 1.165) is 4.90 Å². The monoisotopic (exact) mass is 385 g/mol. The Bertz CT molecular complexity index is 859. The molecule has 1 aliphatic heterocycles. The minimum Gasteiger partial charge on any atom is -0.268 e. The maximum atomic E-state index is 12.7. The second-order valence-electron chi connectivity index (χ2n) is 4.74. The topological polar surface area (TPSA) is 37.4 Å². The van der Waals surface area contributed by atoms with E-state index in [1.54, 1.807) is 30.3 Å². The molecule has 2 aromatic rings. The molecule has 2 aromatic carbocycles. The fourth-order valence-electron chi connectivity index (χ4n) is 2.25. The van der Waals surface area contributed by atoms with Crippen LogP contribution in [0, 0.1) is 0 Å². The average molecular weight is 387 g/mol. The van der Waals surface area contributed by atoms with E-state index < -0.39 is 11.8 Å². The summed E-state index contributed by atoms with van der Waals surface area (Å²) in [7, 11) is 0. The van der Waals surface area contributed by atoms with Gasteiger partial charge in [-0.15, -0.1) is 0 Å². The lowest BCUT2D eigenvalue weighted by Crippen LogP contribution is -2.31. The summed E-state index contributed by atoms with van der Waals surface area (Å²) in [5.74, 6) is -1.21. The van der Waals surface area contributed by atoms with Crippen molar-refractivity contribution in [1.29, 1.82) is 0 Å². The number of amides is 2. The van der Waals surface area contributed by atoms with Crippen molar-refractivity contribution in [2.24, 2.45) is 0 Å². The highest BCUT2D eigenvalue weighted by molar-refractivity contribution is 6.60. The lowest BCUT2D eigenvalue weighted by atomic mass is 10.1. The maximum Gasteiger partial charge on any atom is 0.277 e. The van der Waals surface area contributed by atoms with Gasteiger partial charge in [-0.25, -0.2) is 4.90 Å². The van der Waals surface area contributed by atoms with Gasteiger partial charge >= 0.3 is 0 Å². The summed E-state index contributed by atoms with van der Waals surface area (Å²) in [5, 5.41) is 0.907. The van der Waals surface area contributed by atoms with Crippen molar-refractivity contribution in [3.05, 3.63) is 68.1 Å². The first-order chi connectivity index (χ1) is 10.9. The van der Waals surface area contributed by atoms with Gasteiger partial charge in [0.25, 0.3) is 11.8 Å². The van der Waals surface area contributed by atoms with Crippen LogP contribution >= 0.6 is 46.4 Å². The summed E-state index contributed by atoms with van der Waals surface area (Å²) >= 11 is 23.9. The number of carbonyl (C=O) groups is 2. The molecule has 1 aliphatic rings. The van der Waals surface area contributed by atoms with Crippen molar-refractivity contribution >= 4 is 69.5 Å². The Labute approximate surface area is 152 Å². The summed E-state index contributed by atoms with van der Waals surface area (Å²) in [6.45, 7) is 0. The van der Waals surface area contributed by atoms with Crippen molar-refractivity contribution in [2.45, 2.75) is 0 Å². The second-order valence-corrected chi connectivity index (χ2v) is 6.40. The van der Waals surface area contributed by atoms with Gasteiger partial charge in [-0.05, 0) is 35.9 Å². The zero-order valence-corrected chi connectivity index (χ0v) is 14.3. The average Bonchev–Trinajstić information content (AvgIpc) is 2.73. The maximum absolute atomic E-state index is 12.7. The Balaban J connectivity index is 2.09. The Morgan fingerprint density at radius 2 is 1.35 bits per heavy atom. The van der Waals surface area contributed by atoms with Crippen molar-refractivity contribution in [1.82, 2.24) is 0 Å². The van der Waals surface area contributed by atoms with E-state index in [1.165, 1.54) is 12.1 Å². The molecule has 23 heavy (non-hydrogen) atoms. The third kappa shape index (κ3) is 2.86. The smallest absolute Gasteiger partial charge is 0.268 e. The largest absolute Gasteiger partial charge is 0.277 e. The zero-order chi connectivity index (χ0) is 16.7. The highest BCUT2D eigenvalue weighted by atomic mass is 35.5. The van der Waals surface area contributed by atoms with Gasteiger partial charge < -0.3 is 0 Å². The van der Waals surface area contributed by atoms with Gasteiger partial charge in [0.05, 0.1) is 16.3 Å². The van der Waals surface area contributed by atoms with Gasteiger partial charge in [-0.1, -0.05) is 58.5 Å². The number of hydrogen-bond donors (Lipinski definition) is 0. The number of hydrogen-bond acceptors (Lipinski definition) is 2. The molecule has 0 unspecified atom stereocenters. The van der Waals surface area contributed by atoms with E-state index in [0.29, 0.717) is 15.6 Å². The molecule has 2 amide bonds. The Morgan fingerprint density at radius 3 is 2.00 bits per heavy atom. The molecular formula is C16H7Cl4NO2. The lowest BCUT2D eigenvalue weighted by Gasteiger charge is -2.16. The van der Waals surface area contributed by atoms with Crippen LogP contribution in [0.4, 0.5) is 5.69 Å². The van der Waals surface area contributed by atoms with E-state index in [9.17, 15) is 9.59 Å². The molecule has 0 aliphatic carbocycles. The van der Waals surface area contributed by atoms with Gasteiger partial charge in [0, 0.05) is 10.0 Å². The number of benzene rings is 2. The van der Waals surface area contributed by atoms with E-state index in [4.69, 9.17) is 46.4 Å². The zero-order valence-electron chi connectivity index (χ0n) is 11.3. The van der Waals surface area contributed by atoms with E-state index in [1.807, 2.05) is 0 Å². The fraction of sp³-hybridized carbons (Fsp3) is 0. The summed E-state index contributed by atoms with van der Waals surface area (Å²) in [4.78, 5) is 26.0. The number of carbonyl (C=O) groups excluding carboxylic acids is 2. The fourth-order valence-corrected chi connectivity index (χ4v) is 3.01. The SMILES string of the molecule is O=C1C(Cl)=C(c2ccc(Cl)cc2)C(=O)N1c1cc(Cl)ccc1Cl. The van der Waals surface area contributed by atoms with Gasteiger partial charge in [0.15, 0.2) is 0 Å². The van der Waals surface area contributed by atoms with Crippen LogP contribution < -0.4 is 4.90 Å². The molecule has 1 heterocycles. The third-order valence-corrected chi connectivity index (χ3v) is 4.47. The van der Waals surface area contributed by atoms with Crippen LogP contribution in [-0.2, 0) is 9.59 Å². The molecule has 0 radical (unpaired) electrons. The van der Waals surface area contributed by atoms with Crippen LogP contribution in [0.1, 0.15) is 5.56 Å². The van der Waals surface area contributed by atoms with Gasteiger partial charge in [-0.3, -0.25) is 9.59 Å². The molecule has 0 fully saturated rings. The van der Waals surface area contributed by atoms with Gasteiger partial charge in [-0.2, -0.15) is 0 Å². The Hall–Kier alpha value is -1.52. The first-order valence-electron chi connectivity index (χ1n) is 6.39. The molecule has 0 spiro atoms. The van der Waals surface area contributed by atoms with E-state index >= 15 is 0 Å². The third-order valence-electron chi connectivity index (χ3n) is 3.31. The standard InChI is InChI=1S/C16H7Cl4NO2/c17-9-3-1-8(2-4-9)13-14(20)16(23)21(15(13)22)12-7-10(18)5-6-11(12)19/h1-7H. The molecule has 0 saturated heterocycles. The molecule has 3 nitrogen and oxygen atoms in total. The van der Waals surface area contributed by atoms with E-state index in [2.05, 4.69) is 0 Å². The molecule has 0 N–H and O–H groups in total. The molecule has 0 bridgehead atoms. The summed E-state index contributed by atoms with van der Waals surface area (Å²) in [5.41, 5.74) is 0.791. The predicted molar refractivity (Wildman–Crippen MR) is 93.2 cm³/mol. The van der Waals surface area contributed by atoms with Crippen LogP contribution in [0.2, 0.25) is 15.1 Å². The highest BCUT2D eigenvalue weighted by Crippen LogP contribution is 2.38. The summed E-state index contributed by atoms with van der Waals surface area (Å²) in [6.07, 6.45) is 0. The molecule has 7 heteroatoms. The van der Waals surface area contributed by atoms with Crippen LogP contribution in [0.15, 0.2) is 47.5 Å². The van der Waals surface area contributed by atoms with Crippen LogP contribution in [-0.4, -0.2) is 11.8 Å². The second kappa shape index (κ2) is 6.17. The normalized spacial score (nSPS) is 14.9. The van der Waals surface area contributed by atoms with Crippen LogP contribution in [0.25, 0.3) is 5.57 Å². The predicted octanol–water partition coefficient (Wildman–Crippen LogP) is 5.17. The summed E-state index contributed by atoms with van der Waals surface area (Å²) in [6, 6.07) is 11.0. The Morgan fingerprint density at radius 1 is 0.739 bits per heavy atom. The minimum absolute atomic E-state index is 0.101. The molecule has 3 rings (SSSR count). The molecule has 0 aromatic heterocycles. The lowest BCUT2D eigenvalue weighted by molar-refractivity contribution is -0.119. The van der Waals surface area contributed by atoms with Crippen molar-refractivity contribution in [2.75, 3.05) is 4.90 Å². The number of anilines is 1. The van der Waals surface area contributed by atoms with Crippen molar-refractivity contribution in [3.8, 4) is 0 Å². The van der Waals surface area contributed by atoms with Crippen molar-refractivity contribution < 1.29 is 9.59 Å². The minimum atomic E-state index is -0.647. The first-order valence-corrected chi connectivity index (χ1v) is 7.91. The van der Waals surface area contributed by atoms with Crippen LogP contribution in [0.5, 0.6) is 0 Å². The van der Waals surface area contributed by atoms with Gasteiger partial charge in [0.2, 0.25) is 0 Å².